The molecule has 0 aliphatic heterocycles. The number of hydrogen-bond acceptors (Lipinski definition) is 5. The van der Waals surface area contributed by atoms with Crippen LogP contribution in [0.25, 0.3) is 0 Å². The molecule has 0 aliphatic rings. The number of rotatable bonds is 8. The Balaban J connectivity index is 1.92. The summed E-state index contributed by atoms with van der Waals surface area (Å²) in [6, 6.07) is 10.3. The van der Waals surface area contributed by atoms with E-state index in [0.717, 1.165) is 5.56 Å². The fourth-order valence-corrected chi connectivity index (χ4v) is 3.73. The van der Waals surface area contributed by atoms with Crippen molar-refractivity contribution in [3.8, 4) is 0 Å². The van der Waals surface area contributed by atoms with Crippen molar-refractivity contribution in [2.45, 2.75) is 18.4 Å². The van der Waals surface area contributed by atoms with Gasteiger partial charge in [-0.3, -0.25) is 4.79 Å². The minimum Gasteiger partial charge on any atom is -0.452 e. The number of benzene rings is 2. The quantitative estimate of drug-likeness (QED) is 0.613. The Morgan fingerprint density at radius 1 is 1.07 bits per heavy atom. The van der Waals surface area contributed by atoms with Crippen molar-refractivity contribution < 1.29 is 22.7 Å². The Labute approximate surface area is 179 Å². The zero-order valence-electron chi connectivity index (χ0n) is 15.8. The van der Waals surface area contributed by atoms with Gasteiger partial charge in [-0.15, -0.1) is 0 Å². The second kappa shape index (κ2) is 10.1. The minimum absolute atomic E-state index is 0.0355. The van der Waals surface area contributed by atoms with Crippen LogP contribution in [0.15, 0.2) is 47.4 Å². The normalized spacial score (nSPS) is 11.2. The second-order valence-electron chi connectivity index (χ2n) is 6.10. The molecule has 2 aromatic rings. The highest BCUT2D eigenvalue weighted by atomic mass is 35.5. The van der Waals surface area contributed by atoms with Crippen LogP contribution in [0.2, 0.25) is 10.0 Å². The molecule has 0 aliphatic carbocycles. The van der Waals surface area contributed by atoms with E-state index in [1.54, 1.807) is 32.2 Å². The fraction of sp³-hybridized carbons (Fsp3) is 0.263. The van der Waals surface area contributed by atoms with Crippen LogP contribution >= 0.6 is 23.2 Å². The summed E-state index contributed by atoms with van der Waals surface area (Å²) in [4.78, 5) is 25.7. The first-order valence-electron chi connectivity index (χ1n) is 8.58. The van der Waals surface area contributed by atoms with Gasteiger partial charge in [0.15, 0.2) is 6.61 Å². The van der Waals surface area contributed by atoms with Crippen LogP contribution in [0.3, 0.4) is 0 Å². The molecule has 0 fully saturated rings. The summed E-state index contributed by atoms with van der Waals surface area (Å²) in [7, 11) is -2.04. The summed E-state index contributed by atoms with van der Waals surface area (Å²) < 4.78 is 31.2. The second-order valence-corrected chi connectivity index (χ2v) is 8.68. The minimum atomic E-state index is -3.61. The molecule has 2 aromatic carbocycles. The smallest absolute Gasteiger partial charge is 0.338 e. The van der Waals surface area contributed by atoms with Crippen molar-refractivity contribution in [1.29, 1.82) is 0 Å². The van der Waals surface area contributed by atoms with Crippen LogP contribution < -0.4 is 4.72 Å². The van der Waals surface area contributed by atoms with Crippen LogP contribution in [0.1, 0.15) is 22.8 Å². The Hall–Kier alpha value is -2.13. The van der Waals surface area contributed by atoms with Crippen molar-refractivity contribution in [3.63, 3.8) is 0 Å². The molecule has 0 spiro atoms. The van der Waals surface area contributed by atoms with Gasteiger partial charge in [-0.1, -0.05) is 36.2 Å². The van der Waals surface area contributed by atoms with Crippen LogP contribution in [-0.4, -0.2) is 45.4 Å². The van der Waals surface area contributed by atoms with Gasteiger partial charge >= 0.3 is 5.97 Å². The maximum atomic E-state index is 12.2. The molecule has 10 heteroatoms. The van der Waals surface area contributed by atoms with Gasteiger partial charge in [0.05, 0.1) is 20.5 Å². The first kappa shape index (κ1) is 23.2. The zero-order valence-corrected chi connectivity index (χ0v) is 18.1. The number of sulfonamides is 1. The van der Waals surface area contributed by atoms with E-state index in [1.807, 2.05) is 0 Å². The molecule has 156 valence electrons. The summed E-state index contributed by atoms with van der Waals surface area (Å²) >= 11 is 11.8. The van der Waals surface area contributed by atoms with Crippen LogP contribution in [0.5, 0.6) is 0 Å². The summed E-state index contributed by atoms with van der Waals surface area (Å²) in [5.41, 5.74) is 0.916. The highest BCUT2D eigenvalue weighted by molar-refractivity contribution is 7.89. The predicted octanol–water partition coefficient (Wildman–Crippen LogP) is 3.11. The molecule has 0 saturated carbocycles. The van der Waals surface area contributed by atoms with Gasteiger partial charge in [0.2, 0.25) is 10.0 Å². The summed E-state index contributed by atoms with van der Waals surface area (Å²) in [5, 5.41) is 0.804. The van der Waals surface area contributed by atoms with Gasteiger partial charge in [0.25, 0.3) is 5.91 Å². The Morgan fingerprint density at radius 3 is 2.31 bits per heavy atom. The highest BCUT2D eigenvalue weighted by Gasteiger charge is 2.16. The van der Waals surface area contributed by atoms with E-state index in [2.05, 4.69) is 4.72 Å². The molecule has 0 radical (unpaired) electrons. The highest BCUT2D eigenvalue weighted by Crippen LogP contribution is 2.23. The number of halogens is 2. The number of esters is 1. The van der Waals surface area contributed by atoms with Crippen molar-refractivity contribution >= 4 is 45.1 Å². The molecule has 0 atom stereocenters. The number of carbonyl (C=O) groups excluding carboxylic acids is 2. The fourth-order valence-electron chi connectivity index (χ4n) is 2.36. The molecule has 0 aromatic heterocycles. The number of carbonyl (C=O) groups is 2. The van der Waals surface area contributed by atoms with Crippen molar-refractivity contribution in [1.82, 2.24) is 9.62 Å². The average molecular weight is 459 g/mol. The van der Waals surface area contributed by atoms with E-state index in [4.69, 9.17) is 27.9 Å². The topological polar surface area (TPSA) is 92.8 Å². The average Bonchev–Trinajstić information content (AvgIpc) is 2.68. The number of amides is 1. The number of ether oxygens (including phenoxy) is 1. The van der Waals surface area contributed by atoms with E-state index in [9.17, 15) is 18.0 Å². The lowest BCUT2D eigenvalue weighted by Gasteiger charge is -2.17. The number of hydrogen-bond donors (Lipinski definition) is 1. The third kappa shape index (κ3) is 6.43. The summed E-state index contributed by atoms with van der Waals surface area (Å²) in [6.07, 6.45) is 0. The van der Waals surface area contributed by atoms with Crippen molar-refractivity contribution in [3.05, 3.63) is 63.6 Å². The molecule has 1 N–H and O–H groups in total. The van der Waals surface area contributed by atoms with E-state index < -0.39 is 28.5 Å². The molecular formula is C19H20Cl2N2O5S. The van der Waals surface area contributed by atoms with Gasteiger partial charge in [-0.2, -0.15) is 0 Å². The molecular weight excluding hydrogens is 439 g/mol. The van der Waals surface area contributed by atoms with Gasteiger partial charge in [0, 0.05) is 20.1 Å². The third-order valence-electron chi connectivity index (χ3n) is 3.89. The number of nitrogens with one attached hydrogen (secondary N) is 1. The maximum Gasteiger partial charge on any atom is 0.338 e. The van der Waals surface area contributed by atoms with E-state index in [-0.39, 0.29) is 23.5 Å². The molecule has 2 rings (SSSR count). The number of likely N-dealkylation sites (N-methyl/N-ethyl adjacent to an activating group) is 1. The molecule has 29 heavy (non-hydrogen) atoms. The largest absolute Gasteiger partial charge is 0.452 e. The maximum absolute atomic E-state index is 12.2. The molecule has 0 saturated heterocycles. The van der Waals surface area contributed by atoms with Gasteiger partial charge in [-0.25, -0.2) is 17.9 Å². The van der Waals surface area contributed by atoms with Gasteiger partial charge < -0.3 is 9.64 Å². The molecule has 0 heterocycles. The lowest BCUT2D eigenvalue weighted by Crippen LogP contribution is -2.30. The van der Waals surface area contributed by atoms with Crippen molar-refractivity contribution in [2.24, 2.45) is 0 Å². The SMILES string of the molecule is CCNS(=O)(=O)c1ccc(C(=O)OCC(=O)N(C)Cc2ccc(Cl)c(Cl)c2)cc1. The first-order chi connectivity index (χ1) is 13.6. The predicted molar refractivity (Wildman–Crippen MR) is 111 cm³/mol. The Morgan fingerprint density at radius 2 is 1.72 bits per heavy atom. The van der Waals surface area contributed by atoms with Crippen LogP contribution in [0, 0.1) is 0 Å². The van der Waals surface area contributed by atoms with E-state index in [0.29, 0.717) is 10.0 Å². The molecule has 1 amide bonds. The zero-order chi connectivity index (χ0) is 21.6. The lowest BCUT2D eigenvalue weighted by molar-refractivity contribution is -0.133. The summed E-state index contributed by atoms with van der Waals surface area (Å²) in [5.74, 6) is -1.13. The molecule has 0 unspecified atom stereocenters. The van der Waals surface area contributed by atoms with Crippen molar-refractivity contribution in [2.75, 3.05) is 20.2 Å². The van der Waals surface area contributed by atoms with Crippen LogP contribution in [0.4, 0.5) is 0 Å². The standard InChI is InChI=1S/C19H20Cl2N2O5S/c1-3-22-29(26,27)15-7-5-14(6-8-15)19(25)28-12-18(24)23(2)11-13-4-9-16(20)17(21)10-13/h4-10,22H,3,11-12H2,1-2H3. The van der Waals surface area contributed by atoms with Gasteiger partial charge in [-0.05, 0) is 42.0 Å². The van der Waals surface area contributed by atoms with E-state index in [1.165, 1.54) is 29.2 Å². The molecule has 7 nitrogen and oxygen atoms in total. The molecule has 0 bridgehead atoms. The van der Waals surface area contributed by atoms with E-state index >= 15 is 0 Å². The van der Waals surface area contributed by atoms with Crippen LogP contribution in [-0.2, 0) is 26.1 Å². The monoisotopic (exact) mass is 458 g/mol. The Bertz CT molecular complexity index is 994. The Kier molecular flexibility index (Phi) is 8.04. The summed E-state index contributed by atoms with van der Waals surface area (Å²) in [6.45, 7) is 1.74. The third-order valence-corrected chi connectivity index (χ3v) is 6.19. The first-order valence-corrected chi connectivity index (χ1v) is 10.8. The van der Waals surface area contributed by atoms with Gasteiger partial charge in [0.1, 0.15) is 0 Å². The number of nitrogens with zero attached hydrogens (tertiary/aromatic N) is 1. The lowest BCUT2D eigenvalue weighted by atomic mass is 10.2.